The van der Waals surface area contributed by atoms with Gasteiger partial charge in [0.2, 0.25) is 5.91 Å². The van der Waals surface area contributed by atoms with Crippen LogP contribution in [0.4, 0.5) is 4.79 Å². The fourth-order valence-electron chi connectivity index (χ4n) is 1.71. The number of methoxy groups -OCH3 is 1. The van der Waals surface area contributed by atoms with E-state index in [0.717, 1.165) is 17.4 Å². The maximum absolute atomic E-state index is 11.7. The fourth-order valence-corrected chi connectivity index (χ4v) is 2.44. The number of ether oxygens (including phenoxy) is 2. The minimum atomic E-state index is -0.757. The van der Waals surface area contributed by atoms with E-state index >= 15 is 0 Å². The number of carbonyl (C=O) groups is 2. The standard InChI is InChI=1S/C14H16N4O4S/c1-3-22-14(20)16-12(19)8-23-13-17-15-9-18(13)10-5-4-6-11(7-10)21-2/h4-7,9H,3,8H2,1-2H3,(H,16,19,20). The van der Waals surface area contributed by atoms with Crippen LogP contribution in [0.1, 0.15) is 6.92 Å². The van der Waals surface area contributed by atoms with E-state index in [2.05, 4.69) is 20.3 Å². The molecule has 9 heteroatoms. The second kappa shape index (κ2) is 8.18. The normalized spacial score (nSPS) is 10.2. The van der Waals surface area contributed by atoms with Crippen LogP contribution in [0, 0.1) is 0 Å². The number of thioether (sulfide) groups is 1. The summed E-state index contributed by atoms with van der Waals surface area (Å²) >= 11 is 1.16. The summed E-state index contributed by atoms with van der Waals surface area (Å²) in [7, 11) is 1.58. The van der Waals surface area contributed by atoms with Crippen molar-refractivity contribution in [1.82, 2.24) is 20.1 Å². The van der Waals surface area contributed by atoms with Gasteiger partial charge in [-0.1, -0.05) is 17.8 Å². The van der Waals surface area contributed by atoms with E-state index in [1.54, 1.807) is 24.9 Å². The number of amides is 2. The van der Waals surface area contributed by atoms with E-state index in [0.29, 0.717) is 10.9 Å². The molecule has 0 saturated heterocycles. The SMILES string of the molecule is CCOC(=O)NC(=O)CSc1nncn1-c1cccc(OC)c1. The van der Waals surface area contributed by atoms with Gasteiger partial charge in [-0.15, -0.1) is 10.2 Å². The van der Waals surface area contributed by atoms with E-state index in [1.165, 1.54) is 0 Å². The molecule has 2 amide bonds. The monoisotopic (exact) mass is 336 g/mol. The molecule has 8 nitrogen and oxygen atoms in total. The van der Waals surface area contributed by atoms with Crippen molar-refractivity contribution in [2.45, 2.75) is 12.1 Å². The molecule has 0 aliphatic rings. The summed E-state index contributed by atoms with van der Waals surface area (Å²) in [4.78, 5) is 22.8. The average molecular weight is 336 g/mol. The fraction of sp³-hybridized carbons (Fsp3) is 0.286. The molecule has 23 heavy (non-hydrogen) atoms. The maximum Gasteiger partial charge on any atom is 0.413 e. The molecule has 1 N–H and O–H groups in total. The lowest BCUT2D eigenvalue weighted by molar-refractivity contribution is -0.117. The van der Waals surface area contributed by atoms with Crippen LogP contribution in [0.2, 0.25) is 0 Å². The molecule has 2 rings (SSSR count). The molecule has 0 aliphatic heterocycles. The molecule has 0 bridgehead atoms. The predicted octanol–water partition coefficient (Wildman–Crippen LogP) is 1.64. The van der Waals surface area contributed by atoms with Gasteiger partial charge in [-0.05, 0) is 19.1 Å². The second-order valence-corrected chi connectivity index (χ2v) is 5.18. The molecule has 122 valence electrons. The van der Waals surface area contributed by atoms with Gasteiger partial charge in [-0.25, -0.2) is 4.79 Å². The van der Waals surface area contributed by atoms with Crippen molar-refractivity contribution < 1.29 is 19.1 Å². The van der Waals surface area contributed by atoms with E-state index in [1.807, 2.05) is 24.3 Å². The highest BCUT2D eigenvalue weighted by Crippen LogP contribution is 2.22. The third kappa shape index (κ3) is 4.71. The maximum atomic E-state index is 11.7. The predicted molar refractivity (Wildman–Crippen MR) is 83.8 cm³/mol. The van der Waals surface area contributed by atoms with Gasteiger partial charge in [0.25, 0.3) is 0 Å². The van der Waals surface area contributed by atoms with Crippen LogP contribution in [-0.2, 0) is 9.53 Å². The Labute approximate surface area is 137 Å². The number of hydrogen-bond acceptors (Lipinski definition) is 7. The smallest absolute Gasteiger partial charge is 0.413 e. The molecular weight excluding hydrogens is 320 g/mol. The van der Waals surface area contributed by atoms with Gasteiger partial charge in [-0.2, -0.15) is 0 Å². The molecule has 0 aliphatic carbocycles. The van der Waals surface area contributed by atoms with Crippen LogP contribution in [0.5, 0.6) is 5.75 Å². The van der Waals surface area contributed by atoms with Crippen molar-refractivity contribution in [1.29, 1.82) is 0 Å². The Hall–Kier alpha value is -2.55. The molecule has 0 saturated carbocycles. The van der Waals surface area contributed by atoms with Crippen molar-refractivity contribution in [3.63, 3.8) is 0 Å². The summed E-state index contributed by atoms with van der Waals surface area (Å²) in [6, 6.07) is 7.37. The number of nitrogens with one attached hydrogen (secondary N) is 1. The molecule has 0 fully saturated rings. The lowest BCUT2D eigenvalue weighted by Crippen LogP contribution is -2.32. The number of nitrogens with zero attached hydrogens (tertiary/aromatic N) is 3. The molecular formula is C14H16N4O4S. The van der Waals surface area contributed by atoms with Crippen molar-refractivity contribution in [2.24, 2.45) is 0 Å². The first kappa shape index (κ1) is 16.8. The molecule has 1 heterocycles. The molecule has 0 atom stereocenters. The van der Waals surface area contributed by atoms with Gasteiger partial charge in [0.15, 0.2) is 5.16 Å². The Morgan fingerprint density at radius 1 is 1.39 bits per heavy atom. The van der Waals surface area contributed by atoms with Crippen LogP contribution in [0.3, 0.4) is 0 Å². The van der Waals surface area contributed by atoms with Crippen molar-refractivity contribution in [3.05, 3.63) is 30.6 Å². The lowest BCUT2D eigenvalue weighted by Gasteiger charge is -2.08. The number of hydrogen-bond donors (Lipinski definition) is 1. The van der Waals surface area contributed by atoms with E-state index in [-0.39, 0.29) is 12.4 Å². The van der Waals surface area contributed by atoms with Gasteiger partial charge in [0.05, 0.1) is 25.2 Å². The molecule has 2 aromatic rings. The summed E-state index contributed by atoms with van der Waals surface area (Å²) < 4.78 is 11.5. The number of benzene rings is 1. The summed E-state index contributed by atoms with van der Waals surface area (Å²) in [5, 5.41) is 10.5. The largest absolute Gasteiger partial charge is 0.497 e. The molecule has 0 radical (unpaired) electrons. The number of alkyl carbamates (subject to hydrolysis) is 1. The Morgan fingerprint density at radius 3 is 2.96 bits per heavy atom. The number of imide groups is 1. The highest BCUT2D eigenvalue weighted by Gasteiger charge is 2.13. The number of aromatic nitrogens is 3. The quantitative estimate of drug-likeness (QED) is 0.801. The van der Waals surface area contributed by atoms with Gasteiger partial charge >= 0.3 is 6.09 Å². The Bertz CT molecular complexity index is 689. The minimum absolute atomic E-state index is 0.0154. The minimum Gasteiger partial charge on any atom is -0.497 e. The molecule has 0 unspecified atom stereocenters. The summed E-state index contributed by atoms with van der Waals surface area (Å²) in [6.07, 6.45) is 0.785. The van der Waals surface area contributed by atoms with Crippen LogP contribution in [0.25, 0.3) is 5.69 Å². The zero-order valence-corrected chi connectivity index (χ0v) is 13.5. The van der Waals surface area contributed by atoms with Gasteiger partial charge in [0, 0.05) is 6.07 Å². The molecule has 1 aromatic carbocycles. The van der Waals surface area contributed by atoms with Crippen LogP contribution < -0.4 is 10.1 Å². The topological polar surface area (TPSA) is 95.3 Å². The third-order valence-electron chi connectivity index (χ3n) is 2.70. The Morgan fingerprint density at radius 2 is 2.22 bits per heavy atom. The van der Waals surface area contributed by atoms with Gasteiger partial charge in [0.1, 0.15) is 12.1 Å². The first-order valence-electron chi connectivity index (χ1n) is 6.78. The molecule has 0 spiro atoms. The van der Waals surface area contributed by atoms with E-state index in [4.69, 9.17) is 4.74 Å². The van der Waals surface area contributed by atoms with E-state index in [9.17, 15) is 9.59 Å². The Kier molecular flexibility index (Phi) is 5.98. The van der Waals surface area contributed by atoms with Crippen LogP contribution >= 0.6 is 11.8 Å². The summed E-state index contributed by atoms with van der Waals surface area (Å²) in [5.74, 6) is 0.252. The van der Waals surface area contributed by atoms with Crippen LogP contribution in [0.15, 0.2) is 35.7 Å². The first-order chi connectivity index (χ1) is 11.1. The summed E-state index contributed by atoms with van der Waals surface area (Å²) in [5.41, 5.74) is 0.808. The first-order valence-corrected chi connectivity index (χ1v) is 7.76. The summed E-state index contributed by atoms with van der Waals surface area (Å²) in [6.45, 7) is 1.87. The third-order valence-corrected chi connectivity index (χ3v) is 3.64. The number of rotatable bonds is 6. The van der Waals surface area contributed by atoms with Crippen molar-refractivity contribution >= 4 is 23.8 Å². The van der Waals surface area contributed by atoms with Crippen LogP contribution in [-0.4, -0.2) is 46.2 Å². The average Bonchev–Trinajstić information content (AvgIpc) is 3.01. The van der Waals surface area contributed by atoms with Crippen molar-refractivity contribution in [2.75, 3.05) is 19.5 Å². The number of carbonyl (C=O) groups excluding carboxylic acids is 2. The highest BCUT2D eigenvalue weighted by atomic mass is 32.2. The zero-order chi connectivity index (χ0) is 16.7. The van der Waals surface area contributed by atoms with Gasteiger partial charge < -0.3 is 9.47 Å². The lowest BCUT2D eigenvalue weighted by atomic mass is 10.3. The van der Waals surface area contributed by atoms with Gasteiger partial charge in [-0.3, -0.25) is 14.7 Å². The second-order valence-electron chi connectivity index (χ2n) is 4.24. The Balaban J connectivity index is 2.01. The van der Waals surface area contributed by atoms with E-state index < -0.39 is 12.0 Å². The zero-order valence-electron chi connectivity index (χ0n) is 12.7. The highest BCUT2D eigenvalue weighted by molar-refractivity contribution is 7.99. The molecule has 1 aromatic heterocycles. The van der Waals surface area contributed by atoms with Crippen molar-refractivity contribution in [3.8, 4) is 11.4 Å².